The van der Waals surface area contributed by atoms with E-state index in [-0.39, 0.29) is 5.92 Å². The predicted molar refractivity (Wildman–Crippen MR) is 43.0 cm³/mol. The SMILES string of the molecule is C#CCSCC(C)C(=O)O. The second-order valence-corrected chi connectivity index (χ2v) is 2.99. The fourth-order valence-electron chi connectivity index (χ4n) is 0.366. The van der Waals surface area contributed by atoms with Gasteiger partial charge < -0.3 is 5.11 Å². The molecule has 2 nitrogen and oxygen atoms in total. The summed E-state index contributed by atoms with van der Waals surface area (Å²) in [6.07, 6.45) is 4.97. The van der Waals surface area contributed by atoms with Gasteiger partial charge in [0.05, 0.1) is 11.7 Å². The molecule has 56 valence electrons. The Morgan fingerprint density at radius 3 is 2.90 bits per heavy atom. The Morgan fingerprint density at radius 1 is 1.90 bits per heavy atom. The highest BCUT2D eigenvalue weighted by Crippen LogP contribution is 2.06. The van der Waals surface area contributed by atoms with Gasteiger partial charge in [0.1, 0.15) is 0 Å². The predicted octanol–water partition coefficient (Wildman–Crippen LogP) is 1.07. The third-order valence-electron chi connectivity index (χ3n) is 0.975. The van der Waals surface area contributed by atoms with Crippen molar-refractivity contribution < 1.29 is 9.90 Å². The number of rotatable bonds is 4. The van der Waals surface area contributed by atoms with Crippen LogP contribution in [0.15, 0.2) is 0 Å². The van der Waals surface area contributed by atoms with Crippen molar-refractivity contribution in [2.45, 2.75) is 6.92 Å². The van der Waals surface area contributed by atoms with Gasteiger partial charge >= 0.3 is 5.97 Å². The van der Waals surface area contributed by atoms with Gasteiger partial charge in [0, 0.05) is 5.75 Å². The van der Waals surface area contributed by atoms with Gasteiger partial charge in [-0.15, -0.1) is 18.2 Å². The van der Waals surface area contributed by atoms with Crippen LogP contribution in [0.2, 0.25) is 0 Å². The number of hydrogen-bond acceptors (Lipinski definition) is 2. The molecule has 10 heavy (non-hydrogen) atoms. The van der Waals surface area contributed by atoms with Crippen LogP contribution in [0.5, 0.6) is 0 Å². The lowest BCUT2D eigenvalue weighted by Gasteiger charge is -2.01. The molecule has 0 fully saturated rings. The molecule has 1 atom stereocenters. The highest BCUT2D eigenvalue weighted by molar-refractivity contribution is 7.99. The molecule has 0 radical (unpaired) electrons. The number of terminal acetylenes is 1. The molecule has 0 bridgehead atoms. The summed E-state index contributed by atoms with van der Waals surface area (Å²) in [5.74, 6) is 2.57. The number of thioether (sulfide) groups is 1. The van der Waals surface area contributed by atoms with E-state index in [1.165, 1.54) is 11.8 Å². The van der Waals surface area contributed by atoms with E-state index in [0.29, 0.717) is 11.5 Å². The summed E-state index contributed by atoms with van der Waals surface area (Å²) in [6.45, 7) is 1.67. The van der Waals surface area contributed by atoms with E-state index in [9.17, 15) is 4.79 Å². The summed E-state index contributed by atoms with van der Waals surface area (Å²) in [7, 11) is 0. The molecule has 0 spiro atoms. The first-order valence-electron chi connectivity index (χ1n) is 2.92. The Labute approximate surface area is 65.0 Å². The number of carbonyl (C=O) groups is 1. The normalized spacial score (nSPS) is 12.0. The van der Waals surface area contributed by atoms with Crippen molar-refractivity contribution in [1.29, 1.82) is 0 Å². The first-order valence-corrected chi connectivity index (χ1v) is 4.08. The minimum absolute atomic E-state index is 0.293. The third-order valence-corrected chi connectivity index (χ3v) is 2.08. The number of aliphatic carboxylic acids is 1. The lowest BCUT2D eigenvalue weighted by Crippen LogP contribution is -2.11. The van der Waals surface area contributed by atoms with Crippen molar-refractivity contribution >= 4 is 17.7 Å². The molecule has 0 aliphatic carbocycles. The summed E-state index contributed by atoms with van der Waals surface area (Å²) < 4.78 is 0. The van der Waals surface area contributed by atoms with Crippen LogP contribution in [0.1, 0.15) is 6.92 Å². The Kier molecular flexibility index (Phi) is 4.87. The molecule has 0 aliphatic heterocycles. The van der Waals surface area contributed by atoms with E-state index in [4.69, 9.17) is 11.5 Å². The topological polar surface area (TPSA) is 37.3 Å². The van der Waals surface area contributed by atoms with Crippen LogP contribution >= 0.6 is 11.8 Å². The molecule has 0 aromatic heterocycles. The van der Waals surface area contributed by atoms with Crippen LogP contribution in [-0.4, -0.2) is 22.6 Å². The lowest BCUT2D eigenvalue weighted by atomic mass is 10.2. The monoisotopic (exact) mass is 158 g/mol. The molecule has 0 rings (SSSR count). The maximum absolute atomic E-state index is 10.2. The maximum atomic E-state index is 10.2. The minimum atomic E-state index is -0.760. The average Bonchev–Trinajstić information content (AvgIpc) is 1.88. The van der Waals surface area contributed by atoms with Gasteiger partial charge in [-0.05, 0) is 0 Å². The van der Waals surface area contributed by atoms with Crippen molar-refractivity contribution in [2.24, 2.45) is 5.92 Å². The van der Waals surface area contributed by atoms with Crippen molar-refractivity contribution in [3.8, 4) is 12.3 Å². The van der Waals surface area contributed by atoms with Gasteiger partial charge in [0.15, 0.2) is 0 Å². The molecule has 0 aromatic carbocycles. The summed E-state index contributed by atoms with van der Waals surface area (Å²) in [5.41, 5.74) is 0. The van der Waals surface area contributed by atoms with Crippen LogP contribution in [0.3, 0.4) is 0 Å². The standard InChI is InChI=1S/C7H10O2S/c1-3-4-10-5-6(2)7(8)9/h1,6H,4-5H2,2H3,(H,8,9). The molecular weight excluding hydrogens is 148 g/mol. The van der Waals surface area contributed by atoms with E-state index >= 15 is 0 Å². The van der Waals surface area contributed by atoms with Gasteiger partial charge in [0.25, 0.3) is 0 Å². The Morgan fingerprint density at radius 2 is 2.50 bits per heavy atom. The molecule has 0 aliphatic rings. The summed E-state index contributed by atoms with van der Waals surface area (Å²) in [6, 6.07) is 0. The zero-order chi connectivity index (χ0) is 7.98. The highest BCUT2D eigenvalue weighted by Gasteiger charge is 2.09. The molecule has 0 aromatic rings. The van der Waals surface area contributed by atoms with Crippen LogP contribution in [0.25, 0.3) is 0 Å². The second kappa shape index (κ2) is 5.19. The second-order valence-electron chi connectivity index (χ2n) is 1.96. The number of carboxylic acids is 1. The van der Waals surface area contributed by atoms with E-state index in [1.54, 1.807) is 6.92 Å². The molecule has 0 heterocycles. The van der Waals surface area contributed by atoms with E-state index < -0.39 is 5.97 Å². The smallest absolute Gasteiger partial charge is 0.307 e. The first-order chi connectivity index (χ1) is 4.68. The summed E-state index contributed by atoms with van der Waals surface area (Å²) in [4.78, 5) is 10.2. The van der Waals surface area contributed by atoms with Crippen LogP contribution < -0.4 is 0 Å². The van der Waals surface area contributed by atoms with Crippen molar-refractivity contribution in [1.82, 2.24) is 0 Å². The molecule has 3 heteroatoms. The Balaban J connectivity index is 3.32. The summed E-state index contributed by atoms with van der Waals surface area (Å²) in [5, 5.41) is 8.42. The van der Waals surface area contributed by atoms with Crippen LogP contribution in [-0.2, 0) is 4.79 Å². The largest absolute Gasteiger partial charge is 0.481 e. The van der Waals surface area contributed by atoms with Crippen LogP contribution in [0.4, 0.5) is 0 Å². The van der Waals surface area contributed by atoms with Gasteiger partial charge in [-0.2, -0.15) is 0 Å². The Bertz CT molecular complexity index is 148. The summed E-state index contributed by atoms with van der Waals surface area (Å²) >= 11 is 1.47. The molecule has 1 unspecified atom stereocenters. The zero-order valence-corrected chi connectivity index (χ0v) is 6.65. The minimum Gasteiger partial charge on any atom is -0.481 e. The molecule has 0 amide bonds. The first kappa shape index (κ1) is 9.38. The molecule has 1 N–H and O–H groups in total. The van der Waals surface area contributed by atoms with Gasteiger partial charge in [0.2, 0.25) is 0 Å². The Hall–Kier alpha value is -0.620. The highest BCUT2D eigenvalue weighted by atomic mass is 32.2. The zero-order valence-electron chi connectivity index (χ0n) is 5.83. The molecular formula is C7H10O2S. The van der Waals surface area contributed by atoms with E-state index in [1.807, 2.05) is 0 Å². The van der Waals surface area contributed by atoms with Crippen molar-refractivity contribution in [3.63, 3.8) is 0 Å². The van der Waals surface area contributed by atoms with E-state index in [0.717, 1.165) is 0 Å². The fourth-order valence-corrected chi connectivity index (χ4v) is 1.10. The lowest BCUT2D eigenvalue weighted by molar-refractivity contribution is -0.140. The van der Waals surface area contributed by atoms with Crippen LogP contribution in [0, 0.1) is 18.3 Å². The van der Waals surface area contributed by atoms with Gasteiger partial charge in [-0.3, -0.25) is 4.79 Å². The third kappa shape index (κ3) is 4.28. The molecule has 0 saturated carbocycles. The van der Waals surface area contributed by atoms with Crippen molar-refractivity contribution in [2.75, 3.05) is 11.5 Å². The fraction of sp³-hybridized carbons (Fsp3) is 0.571. The quantitative estimate of drug-likeness (QED) is 0.491. The van der Waals surface area contributed by atoms with Crippen molar-refractivity contribution in [3.05, 3.63) is 0 Å². The average molecular weight is 158 g/mol. The number of hydrogen-bond donors (Lipinski definition) is 1. The van der Waals surface area contributed by atoms with Gasteiger partial charge in [-0.1, -0.05) is 12.8 Å². The van der Waals surface area contributed by atoms with E-state index in [2.05, 4.69) is 5.92 Å². The maximum Gasteiger partial charge on any atom is 0.307 e. The molecule has 0 saturated heterocycles. The van der Waals surface area contributed by atoms with Gasteiger partial charge in [-0.25, -0.2) is 0 Å². The number of carboxylic acid groups (broad SMARTS) is 1.